The van der Waals surface area contributed by atoms with Crippen molar-refractivity contribution in [1.29, 1.82) is 0 Å². The lowest BCUT2D eigenvalue weighted by molar-refractivity contribution is -0.137. The Bertz CT molecular complexity index is 639. The third-order valence-electron chi connectivity index (χ3n) is 3.09. The molecule has 0 bridgehead atoms. The molecule has 0 radical (unpaired) electrons. The van der Waals surface area contributed by atoms with Gasteiger partial charge in [0.05, 0.1) is 30.7 Å². The number of imidazole rings is 1. The van der Waals surface area contributed by atoms with Gasteiger partial charge in [0.25, 0.3) is 0 Å². The van der Waals surface area contributed by atoms with Crippen LogP contribution >= 0.6 is 0 Å². The van der Waals surface area contributed by atoms with E-state index in [0.717, 1.165) is 5.56 Å². The highest BCUT2D eigenvalue weighted by molar-refractivity contribution is 5.71. The molecule has 7 heteroatoms. The molecule has 0 unspecified atom stereocenters. The molecular weight excluding hydrogens is 286 g/mol. The molecule has 2 rings (SSSR count). The number of hydrogen-bond donors (Lipinski definition) is 2. The minimum atomic E-state index is -1.02. The predicted molar refractivity (Wildman–Crippen MR) is 78.0 cm³/mol. The van der Waals surface area contributed by atoms with Gasteiger partial charge in [0.15, 0.2) is 0 Å². The topological polar surface area (TPSA) is 93.5 Å². The average molecular weight is 303 g/mol. The fourth-order valence-corrected chi connectivity index (χ4v) is 2.01. The van der Waals surface area contributed by atoms with Gasteiger partial charge in [-0.25, -0.2) is 9.78 Å². The van der Waals surface area contributed by atoms with Crippen molar-refractivity contribution < 1.29 is 19.4 Å². The van der Waals surface area contributed by atoms with Crippen LogP contribution in [0.1, 0.15) is 23.7 Å². The Morgan fingerprint density at radius 2 is 2.09 bits per heavy atom. The van der Waals surface area contributed by atoms with E-state index in [1.165, 1.54) is 6.20 Å². The standard InChI is InChI=1S/C15H17N3O4/c1-18-10-16-8-13(18)12(7-14(19)20)17-15(21)22-9-11-5-3-2-4-6-11/h2-6,8,10,12H,7,9H2,1H3,(H,17,21)(H,19,20)/t12-/m1/s1. The number of aliphatic carboxylic acids is 1. The van der Waals surface area contributed by atoms with E-state index in [4.69, 9.17) is 9.84 Å². The van der Waals surface area contributed by atoms with Gasteiger partial charge in [0.2, 0.25) is 0 Å². The van der Waals surface area contributed by atoms with Gasteiger partial charge in [-0.2, -0.15) is 0 Å². The van der Waals surface area contributed by atoms with E-state index < -0.39 is 18.1 Å². The summed E-state index contributed by atoms with van der Waals surface area (Å²) in [6.07, 6.45) is 2.14. The fourth-order valence-electron chi connectivity index (χ4n) is 2.01. The number of aryl methyl sites for hydroxylation is 1. The number of amides is 1. The molecule has 0 aliphatic carbocycles. The van der Waals surface area contributed by atoms with Crippen LogP contribution in [0.3, 0.4) is 0 Å². The number of carbonyl (C=O) groups is 2. The average Bonchev–Trinajstić information content (AvgIpc) is 2.91. The van der Waals surface area contributed by atoms with Crippen molar-refractivity contribution in [3.05, 3.63) is 54.1 Å². The summed E-state index contributed by atoms with van der Waals surface area (Å²) in [4.78, 5) is 26.7. The molecule has 0 saturated heterocycles. The molecule has 2 N–H and O–H groups in total. The van der Waals surface area contributed by atoms with E-state index in [1.807, 2.05) is 30.3 Å². The van der Waals surface area contributed by atoms with E-state index in [9.17, 15) is 9.59 Å². The van der Waals surface area contributed by atoms with Crippen LogP contribution in [0.25, 0.3) is 0 Å². The number of nitrogens with zero attached hydrogens (tertiary/aromatic N) is 2. The molecule has 0 saturated carbocycles. The van der Waals surface area contributed by atoms with Gasteiger partial charge in [-0.3, -0.25) is 4.79 Å². The molecular formula is C15H17N3O4. The number of carbonyl (C=O) groups excluding carboxylic acids is 1. The van der Waals surface area contributed by atoms with Crippen LogP contribution in [-0.2, 0) is 23.2 Å². The Kier molecular flexibility index (Phi) is 5.13. The Hall–Kier alpha value is -2.83. The second-order valence-corrected chi connectivity index (χ2v) is 4.79. The van der Waals surface area contributed by atoms with Crippen LogP contribution in [0, 0.1) is 0 Å². The Morgan fingerprint density at radius 1 is 1.36 bits per heavy atom. The van der Waals surface area contributed by atoms with Gasteiger partial charge in [0.1, 0.15) is 6.61 Å². The third kappa shape index (κ3) is 4.34. The van der Waals surface area contributed by atoms with E-state index >= 15 is 0 Å². The van der Waals surface area contributed by atoms with Crippen molar-refractivity contribution in [3.8, 4) is 0 Å². The first-order valence-electron chi connectivity index (χ1n) is 6.71. The summed E-state index contributed by atoms with van der Waals surface area (Å²) in [6, 6.07) is 8.54. The summed E-state index contributed by atoms with van der Waals surface area (Å²) in [7, 11) is 1.73. The lowest BCUT2D eigenvalue weighted by Gasteiger charge is -2.17. The zero-order valence-electron chi connectivity index (χ0n) is 12.1. The quantitative estimate of drug-likeness (QED) is 0.849. The van der Waals surface area contributed by atoms with Crippen molar-refractivity contribution in [2.24, 2.45) is 7.05 Å². The van der Waals surface area contributed by atoms with Crippen LogP contribution in [0.2, 0.25) is 0 Å². The highest BCUT2D eigenvalue weighted by Gasteiger charge is 2.21. The molecule has 7 nitrogen and oxygen atoms in total. The molecule has 116 valence electrons. The maximum absolute atomic E-state index is 11.9. The number of rotatable bonds is 6. The van der Waals surface area contributed by atoms with Gasteiger partial charge in [-0.15, -0.1) is 0 Å². The minimum absolute atomic E-state index is 0.123. The first-order chi connectivity index (χ1) is 10.6. The molecule has 22 heavy (non-hydrogen) atoms. The van der Waals surface area contributed by atoms with E-state index in [1.54, 1.807) is 17.9 Å². The second kappa shape index (κ2) is 7.26. The Balaban J connectivity index is 1.96. The Labute approximate surface area is 127 Å². The number of hydrogen-bond acceptors (Lipinski definition) is 4. The van der Waals surface area contributed by atoms with Crippen LogP contribution in [-0.4, -0.2) is 26.7 Å². The number of ether oxygens (including phenoxy) is 1. The number of alkyl carbamates (subject to hydrolysis) is 1. The van der Waals surface area contributed by atoms with Crippen molar-refractivity contribution in [3.63, 3.8) is 0 Å². The summed E-state index contributed by atoms with van der Waals surface area (Å²) in [5, 5.41) is 11.5. The summed E-state index contributed by atoms with van der Waals surface area (Å²) in [6.45, 7) is 0.123. The van der Waals surface area contributed by atoms with Crippen LogP contribution in [0.5, 0.6) is 0 Å². The number of nitrogens with one attached hydrogen (secondary N) is 1. The molecule has 0 fully saturated rings. The SMILES string of the molecule is Cn1cncc1[C@@H](CC(=O)O)NC(=O)OCc1ccccc1. The van der Waals surface area contributed by atoms with Crippen molar-refractivity contribution in [1.82, 2.24) is 14.9 Å². The van der Waals surface area contributed by atoms with E-state index in [2.05, 4.69) is 10.3 Å². The van der Waals surface area contributed by atoms with Gasteiger partial charge in [-0.1, -0.05) is 30.3 Å². The minimum Gasteiger partial charge on any atom is -0.481 e. The first-order valence-corrected chi connectivity index (χ1v) is 6.71. The summed E-state index contributed by atoms with van der Waals surface area (Å²) < 4.78 is 6.76. The van der Waals surface area contributed by atoms with Crippen LogP contribution < -0.4 is 5.32 Å². The Morgan fingerprint density at radius 3 is 2.68 bits per heavy atom. The maximum Gasteiger partial charge on any atom is 0.408 e. The molecule has 2 aromatic rings. The monoisotopic (exact) mass is 303 g/mol. The van der Waals surface area contributed by atoms with Crippen LogP contribution in [0.15, 0.2) is 42.9 Å². The zero-order valence-corrected chi connectivity index (χ0v) is 12.1. The highest BCUT2D eigenvalue weighted by Crippen LogP contribution is 2.16. The van der Waals surface area contributed by atoms with Gasteiger partial charge in [-0.05, 0) is 5.56 Å². The highest BCUT2D eigenvalue weighted by atomic mass is 16.5. The molecule has 1 aromatic carbocycles. The fraction of sp³-hybridized carbons (Fsp3) is 0.267. The molecule has 1 heterocycles. The molecule has 0 aliphatic rings. The molecule has 1 amide bonds. The molecule has 0 spiro atoms. The number of carboxylic acids is 1. The second-order valence-electron chi connectivity index (χ2n) is 4.79. The maximum atomic E-state index is 11.9. The van der Waals surface area contributed by atoms with E-state index in [0.29, 0.717) is 5.69 Å². The number of benzene rings is 1. The lowest BCUT2D eigenvalue weighted by atomic mass is 10.1. The third-order valence-corrected chi connectivity index (χ3v) is 3.09. The smallest absolute Gasteiger partial charge is 0.408 e. The summed E-state index contributed by atoms with van der Waals surface area (Å²) in [5.41, 5.74) is 1.45. The summed E-state index contributed by atoms with van der Waals surface area (Å²) in [5.74, 6) is -1.02. The van der Waals surface area contributed by atoms with Crippen molar-refractivity contribution in [2.45, 2.75) is 19.1 Å². The predicted octanol–water partition coefficient (Wildman–Crippen LogP) is 1.86. The van der Waals surface area contributed by atoms with Gasteiger partial charge in [0, 0.05) is 7.05 Å². The zero-order chi connectivity index (χ0) is 15.9. The van der Waals surface area contributed by atoms with Gasteiger partial charge < -0.3 is 19.7 Å². The van der Waals surface area contributed by atoms with Crippen molar-refractivity contribution >= 4 is 12.1 Å². The number of carboxylic acid groups (broad SMARTS) is 1. The molecule has 0 aliphatic heterocycles. The van der Waals surface area contributed by atoms with Crippen LogP contribution in [0.4, 0.5) is 4.79 Å². The normalized spacial score (nSPS) is 11.7. The molecule has 1 atom stereocenters. The van der Waals surface area contributed by atoms with Gasteiger partial charge >= 0.3 is 12.1 Å². The number of aromatic nitrogens is 2. The molecule has 1 aromatic heterocycles. The van der Waals surface area contributed by atoms with E-state index in [-0.39, 0.29) is 13.0 Å². The van der Waals surface area contributed by atoms with Crippen molar-refractivity contribution in [2.75, 3.05) is 0 Å². The lowest BCUT2D eigenvalue weighted by Crippen LogP contribution is -2.31. The summed E-state index contributed by atoms with van der Waals surface area (Å²) >= 11 is 0. The largest absolute Gasteiger partial charge is 0.481 e. The first kappa shape index (κ1) is 15.6.